The number of allylic oxidation sites excluding steroid dienone is 1. The number of nitriles is 1. The summed E-state index contributed by atoms with van der Waals surface area (Å²) in [6.07, 6.45) is 4.93. The normalized spacial score (nSPS) is 10.0. The minimum atomic E-state index is 0.888. The lowest BCUT2D eigenvalue weighted by molar-refractivity contribution is 1.36. The van der Waals surface area contributed by atoms with Crippen LogP contribution in [0, 0.1) is 18.3 Å². The van der Waals surface area contributed by atoms with Crippen LogP contribution in [0.25, 0.3) is 6.08 Å². The van der Waals surface area contributed by atoms with Crippen LogP contribution in [0.4, 0.5) is 0 Å². The van der Waals surface area contributed by atoms with Gasteiger partial charge in [-0.25, -0.2) is 4.98 Å². The lowest BCUT2D eigenvalue weighted by Crippen LogP contribution is -1.61. The fourth-order valence-electron chi connectivity index (χ4n) is 0.558. The van der Waals surface area contributed by atoms with Crippen molar-refractivity contribution >= 4 is 17.4 Å². The van der Waals surface area contributed by atoms with Crippen LogP contribution in [0.5, 0.6) is 0 Å². The standard InChI is InChI=1S/C7H6N2S/c1-6-5-9-7(10-6)3-2-4-8/h2-3,5H,1H3. The van der Waals surface area contributed by atoms with Gasteiger partial charge in [0.1, 0.15) is 5.01 Å². The molecule has 0 saturated carbocycles. The van der Waals surface area contributed by atoms with Crippen LogP contribution in [0.3, 0.4) is 0 Å². The van der Waals surface area contributed by atoms with Crippen LogP contribution in [0.15, 0.2) is 12.3 Å². The molecule has 50 valence electrons. The predicted octanol–water partition coefficient (Wildman–Crippen LogP) is 1.99. The van der Waals surface area contributed by atoms with E-state index in [0.717, 1.165) is 9.88 Å². The topological polar surface area (TPSA) is 36.7 Å². The summed E-state index contributed by atoms with van der Waals surface area (Å²) >= 11 is 1.58. The number of hydrogen-bond acceptors (Lipinski definition) is 3. The third kappa shape index (κ3) is 1.67. The first-order chi connectivity index (χ1) is 4.83. The van der Waals surface area contributed by atoms with Gasteiger partial charge in [0.15, 0.2) is 0 Å². The number of thiazole rings is 1. The van der Waals surface area contributed by atoms with E-state index in [2.05, 4.69) is 4.98 Å². The molecule has 1 rings (SSSR count). The molecule has 3 heteroatoms. The van der Waals surface area contributed by atoms with Crippen molar-refractivity contribution in [3.8, 4) is 6.07 Å². The molecule has 1 aromatic heterocycles. The third-order valence-corrected chi connectivity index (χ3v) is 1.82. The zero-order chi connectivity index (χ0) is 7.40. The van der Waals surface area contributed by atoms with E-state index in [-0.39, 0.29) is 0 Å². The average molecular weight is 150 g/mol. The van der Waals surface area contributed by atoms with Crippen molar-refractivity contribution in [1.82, 2.24) is 4.98 Å². The summed E-state index contributed by atoms with van der Waals surface area (Å²) in [4.78, 5) is 5.20. The third-order valence-electron chi connectivity index (χ3n) is 0.940. The van der Waals surface area contributed by atoms with E-state index in [9.17, 15) is 0 Å². The molecule has 0 unspecified atom stereocenters. The minimum absolute atomic E-state index is 0.888. The first-order valence-corrected chi connectivity index (χ1v) is 3.63. The monoisotopic (exact) mass is 150 g/mol. The summed E-state index contributed by atoms with van der Waals surface area (Å²) in [5, 5.41) is 9.06. The summed E-state index contributed by atoms with van der Waals surface area (Å²) in [5.74, 6) is 0. The molecule has 0 aliphatic heterocycles. The highest BCUT2D eigenvalue weighted by Crippen LogP contribution is 2.11. The molecule has 10 heavy (non-hydrogen) atoms. The largest absolute Gasteiger partial charge is 0.245 e. The molecule has 0 aliphatic carbocycles. The van der Waals surface area contributed by atoms with Gasteiger partial charge in [-0.3, -0.25) is 0 Å². The number of rotatable bonds is 1. The molecule has 2 nitrogen and oxygen atoms in total. The molecule has 0 spiro atoms. The summed E-state index contributed by atoms with van der Waals surface area (Å²) in [6.45, 7) is 1.99. The van der Waals surface area contributed by atoms with Crippen molar-refractivity contribution in [3.05, 3.63) is 22.2 Å². The maximum absolute atomic E-state index is 8.17. The van der Waals surface area contributed by atoms with Gasteiger partial charge < -0.3 is 0 Å². The van der Waals surface area contributed by atoms with Crippen LogP contribution in [0.2, 0.25) is 0 Å². The second-order valence-corrected chi connectivity index (χ2v) is 3.04. The van der Waals surface area contributed by atoms with Gasteiger partial charge in [-0.15, -0.1) is 11.3 Å². The van der Waals surface area contributed by atoms with Crippen molar-refractivity contribution in [2.24, 2.45) is 0 Å². The van der Waals surface area contributed by atoms with Crippen LogP contribution in [-0.2, 0) is 0 Å². The van der Waals surface area contributed by atoms with Crippen molar-refractivity contribution in [3.63, 3.8) is 0 Å². The quantitative estimate of drug-likeness (QED) is 0.574. The SMILES string of the molecule is Cc1cnc(C=CC#N)s1. The Labute approximate surface area is 63.5 Å². The lowest BCUT2D eigenvalue weighted by Gasteiger charge is -1.74. The zero-order valence-electron chi connectivity index (χ0n) is 5.53. The Bertz CT molecular complexity index is 280. The Balaban J connectivity index is 2.78. The molecule has 0 fully saturated rings. The van der Waals surface area contributed by atoms with Crippen LogP contribution in [0.1, 0.15) is 9.88 Å². The molecule has 0 aromatic carbocycles. The first-order valence-electron chi connectivity index (χ1n) is 2.81. The van der Waals surface area contributed by atoms with Crippen LogP contribution in [-0.4, -0.2) is 4.98 Å². The van der Waals surface area contributed by atoms with Crippen molar-refractivity contribution in [2.75, 3.05) is 0 Å². The van der Waals surface area contributed by atoms with Crippen molar-refractivity contribution < 1.29 is 0 Å². The highest BCUT2D eigenvalue weighted by atomic mass is 32.1. The summed E-state index contributed by atoms with van der Waals surface area (Å²) in [6, 6.07) is 1.91. The Morgan fingerprint density at radius 3 is 3.10 bits per heavy atom. The molecule has 0 aliphatic rings. The fourth-order valence-corrected chi connectivity index (χ4v) is 1.23. The Kier molecular flexibility index (Phi) is 2.19. The van der Waals surface area contributed by atoms with Crippen LogP contribution < -0.4 is 0 Å². The van der Waals surface area contributed by atoms with Gasteiger partial charge >= 0.3 is 0 Å². The van der Waals surface area contributed by atoms with Crippen molar-refractivity contribution in [1.29, 1.82) is 5.26 Å². The van der Waals surface area contributed by atoms with E-state index in [0.29, 0.717) is 0 Å². The van der Waals surface area contributed by atoms with E-state index in [4.69, 9.17) is 5.26 Å². The maximum Gasteiger partial charge on any atom is 0.116 e. The number of aryl methyl sites for hydroxylation is 1. The molecule has 0 radical (unpaired) electrons. The van der Waals surface area contributed by atoms with E-state index in [1.54, 1.807) is 23.6 Å². The van der Waals surface area contributed by atoms with Crippen molar-refractivity contribution in [2.45, 2.75) is 6.92 Å². The molecule has 0 N–H and O–H groups in total. The zero-order valence-corrected chi connectivity index (χ0v) is 6.35. The lowest BCUT2D eigenvalue weighted by atomic mass is 10.5. The van der Waals surface area contributed by atoms with E-state index in [1.165, 1.54) is 6.08 Å². The van der Waals surface area contributed by atoms with Gasteiger partial charge in [-0.2, -0.15) is 5.26 Å². The second-order valence-electron chi connectivity index (χ2n) is 1.77. The van der Waals surface area contributed by atoms with Gasteiger partial charge in [-0.05, 0) is 13.0 Å². The number of aromatic nitrogens is 1. The molecular formula is C7H6N2S. The molecule has 0 saturated heterocycles. The Morgan fingerprint density at radius 1 is 1.80 bits per heavy atom. The van der Waals surface area contributed by atoms with E-state index in [1.807, 2.05) is 13.0 Å². The van der Waals surface area contributed by atoms with E-state index >= 15 is 0 Å². The fraction of sp³-hybridized carbons (Fsp3) is 0.143. The predicted molar refractivity (Wildman–Crippen MR) is 41.5 cm³/mol. The average Bonchev–Trinajstić information content (AvgIpc) is 2.31. The van der Waals surface area contributed by atoms with Gasteiger partial charge in [0.25, 0.3) is 0 Å². The number of nitrogens with zero attached hydrogens (tertiary/aromatic N) is 2. The second kappa shape index (κ2) is 3.14. The molecule has 0 atom stereocenters. The van der Waals surface area contributed by atoms with Gasteiger partial charge in [-0.1, -0.05) is 0 Å². The van der Waals surface area contributed by atoms with Crippen LogP contribution >= 0.6 is 11.3 Å². The molecular weight excluding hydrogens is 144 g/mol. The molecule has 0 amide bonds. The first kappa shape index (κ1) is 6.97. The van der Waals surface area contributed by atoms with Gasteiger partial charge in [0.2, 0.25) is 0 Å². The van der Waals surface area contributed by atoms with Gasteiger partial charge in [0, 0.05) is 17.2 Å². The maximum atomic E-state index is 8.17. The Hall–Kier alpha value is -1.14. The number of hydrogen-bond donors (Lipinski definition) is 0. The highest BCUT2D eigenvalue weighted by molar-refractivity contribution is 7.12. The minimum Gasteiger partial charge on any atom is -0.245 e. The highest BCUT2D eigenvalue weighted by Gasteiger charge is 1.90. The molecule has 0 bridgehead atoms. The molecule has 1 aromatic rings. The summed E-state index contributed by atoms with van der Waals surface area (Å²) in [5.41, 5.74) is 0. The smallest absolute Gasteiger partial charge is 0.116 e. The summed E-state index contributed by atoms with van der Waals surface area (Å²) in [7, 11) is 0. The molecule has 1 heterocycles. The Morgan fingerprint density at radius 2 is 2.60 bits per heavy atom. The summed E-state index contributed by atoms with van der Waals surface area (Å²) < 4.78 is 0. The van der Waals surface area contributed by atoms with E-state index < -0.39 is 0 Å². The van der Waals surface area contributed by atoms with Gasteiger partial charge in [0.05, 0.1) is 6.07 Å².